The van der Waals surface area contributed by atoms with Crippen molar-refractivity contribution in [3.05, 3.63) is 63.5 Å². The molecule has 0 saturated heterocycles. The van der Waals surface area contributed by atoms with E-state index in [1.807, 2.05) is 13.8 Å². The lowest BCUT2D eigenvalue weighted by molar-refractivity contribution is 0.357. The predicted molar refractivity (Wildman–Crippen MR) is 135 cm³/mol. The fraction of sp³-hybridized carbons (Fsp3) is 0.346. The van der Waals surface area contributed by atoms with Crippen LogP contribution in [-0.2, 0) is 13.0 Å². The topological polar surface area (TPSA) is 54.9 Å². The summed E-state index contributed by atoms with van der Waals surface area (Å²) in [6.45, 7) is 10.3. The standard InChI is InChI=1S/C24H25N3O2S.C2H6/c1-14-8-18(9-15(2)22(14)28-3)21-11-19-23(30-21)24(27-13-26-19)25-12-16-4-5-20-17(10-16)6-7-29-20;1-2/h4-5,8-11,26H,6-7,12-13H2,1-3H3,(H,25,27);1-2H3. The van der Waals surface area contributed by atoms with Gasteiger partial charge in [0.05, 0.1) is 24.3 Å². The zero-order valence-electron chi connectivity index (χ0n) is 19.5. The molecule has 0 spiro atoms. The van der Waals surface area contributed by atoms with Crippen molar-refractivity contribution < 1.29 is 9.47 Å². The number of thiophene rings is 1. The van der Waals surface area contributed by atoms with Gasteiger partial charge in [0.25, 0.3) is 0 Å². The number of ether oxygens (including phenoxy) is 2. The molecular formula is C26H31N3O2S. The smallest absolute Gasteiger partial charge is 0.142 e. The van der Waals surface area contributed by atoms with Gasteiger partial charge >= 0.3 is 0 Å². The average Bonchev–Trinajstić information content (AvgIpc) is 3.45. The van der Waals surface area contributed by atoms with Crippen molar-refractivity contribution in [2.75, 3.05) is 25.7 Å². The summed E-state index contributed by atoms with van der Waals surface area (Å²) < 4.78 is 11.1. The number of aryl methyl sites for hydroxylation is 2. The highest BCUT2D eigenvalue weighted by molar-refractivity contribution is 7.18. The van der Waals surface area contributed by atoms with Gasteiger partial charge in [-0.3, -0.25) is 0 Å². The van der Waals surface area contributed by atoms with Crippen molar-refractivity contribution in [1.82, 2.24) is 5.32 Å². The summed E-state index contributed by atoms with van der Waals surface area (Å²) in [6.07, 6.45) is 0.993. The van der Waals surface area contributed by atoms with Crippen LogP contribution in [0.25, 0.3) is 10.4 Å². The third-order valence-electron chi connectivity index (χ3n) is 5.62. The third kappa shape index (κ3) is 4.32. The van der Waals surface area contributed by atoms with Gasteiger partial charge in [-0.05, 0) is 65.9 Å². The van der Waals surface area contributed by atoms with E-state index < -0.39 is 0 Å². The van der Waals surface area contributed by atoms with Crippen LogP contribution in [0.3, 0.4) is 0 Å². The van der Waals surface area contributed by atoms with Gasteiger partial charge in [-0.2, -0.15) is 0 Å². The molecule has 0 atom stereocenters. The molecule has 5 rings (SSSR count). The maximum atomic E-state index is 5.61. The molecule has 0 fully saturated rings. The van der Waals surface area contributed by atoms with Crippen LogP contribution in [0.1, 0.15) is 41.0 Å². The van der Waals surface area contributed by atoms with Crippen LogP contribution in [0.15, 0.2) is 41.4 Å². The highest BCUT2D eigenvalue weighted by atomic mass is 32.1. The van der Waals surface area contributed by atoms with Crippen LogP contribution in [0.5, 0.6) is 11.5 Å². The van der Waals surface area contributed by atoms with Crippen molar-refractivity contribution in [2.45, 2.75) is 40.7 Å². The Bertz CT molecular complexity index is 1130. The molecule has 0 aliphatic carbocycles. The number of nitrogens with one attached hydrogen (secondary N) is 2. The molecule has 32 heavy (non-hydrogen) atoms. The van der Waals surface area contributed by atoms with Crippen LogP contribution < -0.4 is 20.1 Å². The first-order valence-electron chi connectivity index (χ1n) is 11.2. The van der Waals surface area contributed by atoms with Gasteiger partial charge < -0.3 is 20.1 Å². The number of anilines is 1. The molecule has 0 bridgehead atoms. The highest BCUT2D eigenvalue weighted by Crippen LogP contribution is 2.39. The zero-order chi connectivity index (χ0) is 22.7. The van der Waals surface area contributed by atoms with Gasteiger partial charge in [0.1, 0.15) is 24.0 Å². The van der Waals surface area contributed by atoms with Gasteiger partial charge in [-0.1, -0.05) is 26.0 Å². The van der Waals surface area contributed by atoms with E-state index in [2.05, 4.69) is 65.9 Å². The van der Waals surface area contributed by atoms with E-state index in [1.54, 1.807) is 18.4 Å². The number of rotatable bonds is 4. The summed E-state index contributed by atoms with van der Waals surface area (Å²) in [4.78, 5) is 7.08. The Hall–Kier alpha value is -2.99. The van der Waals surface area contributed by atoms with E-state index >= 15 is 0 Å². The second-order valence-electron chi connectivity index (χ2n) is 7.73. The predicted octanol–water partition coefficient (Wildman–Crippen LogP) is 5.92. The van der Waals surface area contributed by atoms with Crippen molar-refractivity contribution >= 4 is 22.9 Å². The Labute approximate surface area is 194 Å². The first-order chi connectivity index (χ1) is 15.6. The number of aliphatic imine (C=N–C) groups is 1. The number of fused-ring (bicyclic) bond motifs is 2. The largest absolute Gasteiger partial charge is 0.496 e. The molecule has 2 aliphatic heterocycles. The van der Waals surface area contributed by atoms with E-state index in [0.29, 0.717) is 6.67 Å². The molecule has 0 radical (unpaired) electrons. The molecule has 2 aromatic carbocycles. The molecule has 5 nitrogen and oxygen atoms in total. The highest BCUT2D eigenvalue weighted by Gasteiger charge is 2.20. The summed E-state index contributed by atoms with van der Waals surface area (Å²) in [5.41, 5.74) is 7.20. The van der Waals surface area contributed by atoms with Crippen molar-refractivity contribution in [3.8, 4) is 21.9 Å². The number of amidine groups is 1. The van der Waals surface area contributed by atoms with Gasteiger partial charge in [-0.25, -0.2) is 4.99 Å². The minimum atomic E-state index is 0.588. The molecule has 2 aliphatic rings. The Kier molecular flexibility index (Phi) is 6.70. The Morgan fingerprint density at radius 3 is 2.66 bits per heavy atom. The summed E-state index contributed by atoms with van der Waals surface area (Å²) in [6, 6.07) is 13.1. The Morgan fingerprint density at radius 2 is 1.91 bits per heavy atom. The molecule has 2 N–H and O–H groups in total. The number of methoxy groups -OCH3 is 1. The van der Waals surface area contributed by atoms with Crippen LogP contribution >= 0.6 is 11.3 Å². The van der Waals surface area contributed by atoms with Crippen molar-refractivity contribution in [3.63, 3.8) is 0 Å². The van der Waals surface area contributed by atoms with Crippen LogP contribution in [0.2, 0.25) is 0 Å². The molecule has 3 heterocycles. The number of benzene rings is 2. The molecule has 6 heteroatoms. The second kappa shape index (κ2) is 9.65. The van der Waals surface area contributed by atoms with E-state index in [1.165, 1.54) is 21.6 Å². The fourth-order valence-electron chi connectivity index (χ4n) is 4.20. The van der Waals surface area contributed by atoms with E-state index in [0.717, 1.165) is 58.6 Å². The second-order valence-corrected chi connectivity index (χ2v) is 8.78. The van der Waals surface area contributed by atoms with Gasteiger partial charge in [0.15, 0.2) is 0 Å². The van der Waals surface area contributed by atoms with Crippen LogP contribution in [0.4, 0.5) is 5.69 Å². The molecule has 0 amide bonds. The molecule has 1 aromatic heterocycles. The SMILES string of the molecule is CC.COc1c(C)cc(-c2cc3c(s2)C(NCc2ccc4c(c2)CCO4)=NCN3)cc1C. The summed E-state index contributed by atoms with van der Waals surface area (Å²) in [7, 11) is 1.73. The quantitative estimate of drug-likeness (QED) is 0.519. The lowest BCUT2D eigenvalue weighted by Crippen LogP contribution is -2.27. The number of hydrogen-bond donors (Lipinski definition) is 2. The van der Waals surface area contributed by atoms with Crippen molar-refractivity contribution in [1.29, 1.82) is 0 Å². The molecule has 168 valence electrons. The van der Waals surface area contributed by atoms with E-state index in [-0.39, 0.29) is 0 Å². The monoisotopic (exact) mass is 449 g/mol. The summed E-state index contributed by atoms with van der Waals surface area (Å²) in [5, 5.41) is 6.96. The number of nitrogens with zero attached hydrogens (tertiary/aromatic N) is 1. The Morgan fingerprint density at radius 1 is 1.12 bits per heavy atom. The van der Waals surface area contributed by atoms with E-state index in [9.17, 15) is 0 Å². The first kappa shape index (κ1) is 22.2. The van der Waals surface area contributed by atoms with Gasteiger partial charge in [-0.15, -0.1) is 11.3 Å². The van der Waals surface area contributed by atoms with Gasteiger partial charge in [0.2, 0.25) is 0 Å². The zero-order valence-corrected chi connectivity index (χ0v) is 20.3. The summed E-state index contributed by atoms with van der Waals surface area (Å²) in [5.74, 6) is 2.94. The minimum Gasteiger partial charge on any atom is -0.496 e. The maximum absolute atomic E-state index is 5.61. The van der Waals surface area contributed by atoms with Crippen LogP contribution in [0, 0.1) is 13.8 Å². The molecule has 0 unspecified atom stereocenters. The van der Waals surface area contributed by atoms with Gasteiger partial charge in [0, 0.05) is 17.8 Å². The summed E-state index contributed by atoms with van der Waals surface area (Å²) >= 11 is 1.77. The third-order valence-corrected chi connectivity index (χ3v) is 6.81. The first-order valence-corrected chi connectivity index (χ1v) is 12.0. The normalized spacial score (nSPS) is 13.6. The minimum absolute atomic E-state index is 0.588. The molecular weight excluding hydrogens is 418 g/mol. The Balaban J connectivity index is 0.00000119. The fourth-order valence-corrected chi connectivity index (χ4v) is 5.31. The lowest BCUT2D eigenvalue weighted by atomic mass is 10.0. The van der Waals surface area contributed by atoms with Crippen molar-refractivity contribution in [2.24, 2.45) is 4.99 Å². The maximum Gasteiger partial charge on any atom is 0.142 e. The molecule has 3 aromatic rings. The van der Waals surface area contributed by atoms with E-state index in [4.69, 9.17) is 9.47 Å². The lowest BCUT2D eigenvalue weighted by Gasteiger charge is -2.16. The number of hydrogen-bond acceptors (Lipinski definition) is 6. The molecule has 0 saturated carbocycles. The van der Waals surface area contributed by atoms with Crippen LogP contribution in [-0.4, -0.2) is 26.2 Å². The average molecular weight is 450 g/mol.